The zero-order valence-electron chi connectivity index (χ0n) is 15.3. The Hall–Kier alpha value is -0.780. The SMILES string of the molecule is CCC(C)CCC(CC)C1CCC(c2ccc(C)cc2)CC1. The molecule has 0 amide bonds. The number of benzene rings is 1. The molecule has 1 aromatic carbocycles. The fourth-order valence-corrected chi connectivity index (χ4v) is 4.24. The maximum Gasteiger partial charge on any atom is -0.0162 e. The van der Waals surface area contributed by atoms with Gasteiger partial charge in [-0.2, -0.15) is 0 Å². The van der Waals surface area contributed by atoms with Crippen molar-refractivity contribution in [2.45, 2.75) is 85.0 Å². The Kier molecular flexibility index (Phi) is 6.99. The summed E-state index contributed by atoms with van der Waals surface area (Å²) in [5.74, 6) is 3.71. The van der Waals surface area contributed by atoms with E-state index in [2.05, 4.69) is 52.0 Å². The molecule has 1 aliphatic rings. The van der Waals surface area contributed by atoms with E-state index >= 15 is 0 Å². The molecule has 0 aromatic heterocycles. The molecule has 0 aliphatic heterocycles. The van der Waals surface area contributed by atoms with Crippen LogP contribution < -0.4 is 0 Å². The molecule has 1 aliphatic carbocycles. The molecule has 0 heterocycles. The Labute approximate surface area is 138 Å². The second kappa shape index (κ2) is 8.75. The van der Waals surface area contributed by atoms with Gasteiger partial charge in [-0.15, -0.1) is 0 Å². The smallest absolute Gasteiger partial charge is 0.0162 e. The summed E-state index contributed by atoms with van der Waals surface area (Å²) >= 11 is 0. The third-order valence-electron chi connectivity index (χ3n) is 6.24. The van der Waals surface area contributed by atoms with Crippen molar-refractivity contribution in [1.82, 2.24) is 0 Å². The number of hydrogen-bond donors (Lipinski definition) is 0. The molecule has 0 heteroatoms. The second-order valence-corrected chi connectivity index (χ2v) is 7.78. The molecule has 0 bridgehead atoms. The Morgan fingerprint density at radius 3 is 2.09 bits per heavy atom. The van der Waals surface area contributed by atoms with Crippen LogP contribution in [0.5, 0.6) is 0 Å². The highest BCUT2D eigenvalue weighted by molar-refractivity contribution is 5.24. The van der Waals surface area contributed by atoms with E-state index in [1.807, 2.05) is 0 Å². The molecule has 1 saturated carbocycles. The maximum atomic E-state index is 2.42. The second-order valence-electron chi connectivity index (χ2n) is 7.78. The minimum Gasteiger partial charge on any atom is -0.0651 e. The van der Waals surface area contributed by atoms with Crippen LogP contribution in [0, 0.1) is 24.7 Å². The summed E-state index contributed by atoms with van der Waals surface area (Å²) in [6, 6.07) is 9.28. The molecule has 0 N–H and O–H groups in total. The highest BCUT2D eigenvalue weighted by atomic mass is 14.3. The summed E-state index contributed by atoms with van der Waals surface area (Å²) < 4.78 is 0. The number of aryl methyl sites for hydroxylation is 1. The third-order valence-corrected chi connectivity index (χ3v) is 6.24. The Bertz CT molecular complexity index is 408. The first-order valence-corrected chi connectivity index (χ1v) is 9.70. The van der Waals surface area contributed by atoms with Gasteiger partial charge in [-0.1, -0.05) is 69.9 Å². The van der Waals surface area contributed by atoms with E-state index in [0.717, 1.165) is 23.7 Å². The van der Waals surface area contributed by atoms with Gasteiger partial charge < -0.3 is 0 Å². The van der Waals surface area contributed by atoms with E-state index in [1.54, 1.807) is 5.56 Å². The fourth-order valence-electron chi connectivity index (χ4n) is 4.24. The monoisotopic (exact) mass is 300 g/mol. The minimum absolute atomic E-state index is 0.823. The first-order chi connectivity index (χ1) is 10.6. The Morgan fingerprint density at radius 1 is 0.909 bits per heavy atom. The van der Waals surface area contributed by atoms with Crippen molar-refractivity contribution in [2.75, 3.05) is 0 Å². The Morgan fingerprint density at radius 2 is 1.55 bits per heavy atom. The lowest BCUT2D eigenvalue weighted by Gasteiger charge is -2.34. The highest BCUT2D eigenvalue weighted by Crippen LogP contribution is 2.41. The zero-order chi connectivity index (χ0) is 15.9. The van der Waals surface area contributed by atoms with Crippen molar-refractivity contribution in [3.63, 3.8) is 0 Å². The van der Waals surface area contributed by atoms with Gasteiger partial charge in [-0.3, -0.25) is 0 Å². The van der Waals surface area contributed by atoms with Gasteiger partial charge in [0.25, 0.3) is 0 Å². The first kappa shape index (κ1) is 17.6. The summed E-state index contributed by atoms with van der Waals surface area (Å²) in [6.07, 6.45) is 11.4. The molecule has 22 heavy (non-hydrogen) atoms. The summed E-state index contributed by atoms with van der Waals surface area (Å²) in [4.78, 5) is 0. The molecule has 0 radical (unpaired) electrons. The van der Waals surface area contributed by atoms with E-state index in [9.17, 15) is 0 Å². The van der Waals surface area contributed by atoms with Crippen LogP contribution in [0.15, 0.2) is 24.3 Å². The van der Waals surface area contributed by atoms with Crippen molar-refractivity contribution in [3.05, 3.63) is 35.4 Å². The van der Waals surface area contributed by atoms with Crippen molar-refractivity contribution in [2.24, 2.45) is 17.8 Å². The molecule has 2 rings (SSSR count). The average molecular weight is 301 g/mol. The predicted molar refractivity (Wildman–Crippen MR) is 98.3 cm³/mol. The van der Waals surface area contributed by atoms with E-state index in [-0.39, 0.29) is 0 Å². The molecule has 0 spiro atoms. The van der Waals surface area contributed by atoms with Gasteiger partial charge in [0.2, 0.25) is 0 Å². The molecule has 2 atom stereocenters. The average Bonchev–Trinajstić information content (AvgIpc) is 2.56. The number of hydrogen-bond acceptors (Lipinski definition) is 0. The minimum atomic E-state index is 0.823. The molecule has 2 unspecified atom stereocenters. The molecule has 124 valence electrons. The van der Waals surface area contributed by atoms with Gasteiger partial charge in [0.05, 0.1) is 0 Å². The van der Waals surface area contributed by atoms with E-state index < -0.39 is 0 Å². The summed E-state index contributed by atoms with van der Waals surface area (Å²) in [5.41, 5.74) is 2.96. The summed E-state index contributed by atoms with van der Waals surface area (Å²) in [6.45, 7) is 9.34. The van der Waals surface area contributed by atoms with Crippen LogP contribution in [-0.2, 0) is 0 Å². The van der Waals surface area contributed by atoms with E-state index in [0.29, 0.717) is 0 Å². The topological polar surface area (TPSA) is 0 Å². The first-order valence-electron chi connectivity index (χ1n) is 9.70. The predicted octanol–water partition coefficient (Wildman–Crippen LogP) is 7.12. The molecule has 0 nitrogen and oxygen atoms in total. The largest absolute Gasteiger partial charge is 0.0651 e. The van der Waals surface area contributed by atoms with Crippen LogP contribution in [0.25, 0.3) is 0 Å². The summed E-state index contributed by atoms with van der Waals surface area (Å²) in [7, 11) is 0. The standard InChI is InChI=1S/C22H36/c1-5-17(3)7-10-19(6-2)20-13-15-22(16-14-20)21-11-8-18(4)9-12-21/h8-9,11-12,17,19-20,22H,5-7,10,13-16H2,1-4H3. The normalized spacial score (nSPS) is 24.9. The summed E-state index contributed by atoms with van der Waals surface area (Å²) in [5, 5.41) is 0. The third kappa shape index (κ3) is 4.86. The van der Waals surface area contributed by atoms with Crippen molar-refractivity contribution in [1.29, 1.82) is 0 Å². The molecular formula is C22H36. The zero-order valence-corrected chi connectivity index (χ0v) is 15.3. The van der Waals surface area contributed by atoms with Crippen LogP contribution in [0.3, 0.4) is 0 Å². The lowest BCUT2D eigenvalue weighted by atomic mass is 9.71. The number of rotatable bonds is 7. The van der Waals surface area contributed by atoms with Crippen molar-refractivity contribution < 1.29 is 0 Å². The van der Waals surface area contributed by atoms with Crippen LogP contribution >= 0.6 is 0 Å². The van der Waals surface area contributed by atoms with Crippen LogP contribution in [-0.4, -0.2) is 0 Å². The van der Waals surface area contributed by atoms with Gasteiger partial charge in [0, 0.05) is 0 Å². The molecule has 1 fully saturated rings. The van der Waals surface area contributed by atoms with Crippen LogP contribution in [0.1, 0.15) is 89.2 Å². The Balaban J connectivity index is 1.83. The lowest BCUT2D eigenvalue weighted by Crippen LogP contribution is -2.21. The van der Waals surface area contributed by atoms with Gasteiger partial charge >= 0.3 is 0 Å². The molecular weight excluding hydrogens is 264 g/mol. The highest BCUT2D eigenvalue weighted by Gasteiger charge is 2.27. The maximum absolute atomic E-state index is 2.42. The lowest BCUT2D eigenvalue weighted by molar-refractivity contribution is 0.206. The van der Waals surface area contributed by atoms with Crippen molar-refractivity contribution in [3.8, 4) is 0 Å². The van der Waals surface area contributed by atoms with Crippen LogP contribution in [0.4, 0.5) is 0 Å². The van der Waals surface area contributed by atoms with E-state index in [4.69, 9.17) is 0 Å². The van der Waals surface area contributed by atoms with Crippen LogP contribution in [0.2, 0.25) is 0 Å². The quantitative estimate of drug-likeness (QED) is 0.503. The fraction of sp³-hybridized carbons (Fsp3) is 0.727. The van der Waals surface area contributed by atoms with Gasteiger partial charge in [-0.25, -0.2) is 0 Å². The molecule has 1 aromatic rings. The molecule has 0 saturated heterocycles. The van der Waals surface area contributed by atoms with E-state index in [1.165, 1.54) is 56.9 Å². The van der Waals surface area contributed by atoms with Gasteiger partial charge in [0.1, 0.15) is 0 Å². The van der Waals surface area contributed by atoms with Gasteiger partial charge in [-0.05, 0) is 68.3 Å². The van der Waals surface area contributed by atoms with Gasteiger partial charge in [0.15, 0.2) is 0 Å². The van der Waals surface area contributed by atoms with Crippen molar-refractivity contribution >= 4 is 0 Å².